The number of hydrogen-bond donors (Lipinski definition) is 1. The van der Waals surface area contributed by atoms with Crippen LogP contribution in [0.3, 0.4) is 0 Å². The van der Waals surface area contributed by atoms with Gasteiger partial charge >= 0.3 is 0 Å². The number of nitrogens with one attached hydrogen (secondary N) is 1. The van der Waals surface area contributed by atoms with Crippen molar-refractivity contribution in [3.05, 3.63) is 77.1 Å². The first-order valence-corrected chi connectivity index (χ1v) is 13.4. The fourth-order valence-corrected chi connectivity index (χ4v) is 4.84. The van der Waals surface area contributed by atoms with Crippen molar-refractivity contribution in [2.45, 2.75) is 40.3 Å². The summed E-state index contributed by atoms with van der Waals surface area (Å²) in [7, 11) is 0. The summed E-state index contributed by atoms with van der Waals surface area (Å²) in [5, 5.41) is 4.16. The van der Waals surface area contributed by atoms with Gasteiger partial charge in [-0.15, -0.1) is 0 Å². The fourth-order valence-electron chi connectivity index (χ4n) is 4.64. The standard InChI is InChI=1S/C29H34ClN7O/c1-29(2,3)17-24(38)35-13-15-36(16-14-35)28-33-26(31-18-22-11-7-8-12-23(22)30)25-27(34-28)37(20-32-25)19-21-9-5-4-6-10-21/h4-12,20H,13-19H2,1-3H3,(H,31,33,34). The van der Waals surface area contributed by atoms with Crippen molar-refractivity contribution in [1.82, 2.24) is 24.4 Å². The van der Waals surface area contributed by atoms with Crippen molar-refractivity contribution in [3.8, 4) is 0 Å². The molecule has 2 aromatic heterocycles. The Balaban J connectivity index is 1.42. The molecule has 1 fully saturated rings. The van der Waals surface area contributed by atoms with Gasteiger partial charge in [0.2, 0.25) is 11.9 Å². The zero-order chi connectivity index (χ0) is 26.7. The van der Waals surface area contributed by atoms with Crippen molar-refractivity contribution in [2.75, 3.05) is 36.4 Å². The van der Waals surface area contributed by atoms with Gasteiger partial charge in [-0.1, -0.05) is 80.9 Å². The summed E-state index contributed by atoms with van der Waals surface area (Å²) in [5.41, 5.74) is 3.62. The molecule has 0 aliphatic carbocycles. The number of hydrogen-bond acceptors (Lipinski definition) is 6. The molecule has 1 amide bonds. The van der Waals surface area contributed by atoms with Gasteiger partial charge < -0.3 is 19.7 Å². The highest BCUT2D eigenvalue weighted by molar-refractivity contribution is 6.31. The Morgan fingerprint density at radius 2 is 1.68 bits per heavy atom. The second-order valence-electron chi connectivity index (χ2n) is 11.0. The van der Waals surface area contributed by atoms with Gasteiger partial charge in [-0.25, -0.2) is 4.98 Å². The summed E-state index contributed by atoms with van der Waals surface area (Å²) in [6.07, 6.45) is 2.37. The summed E-state index contributed by atoms with van der Waals surface area (Å²) in [4.78, 5) is 31.4. The monoisotopic (exact) mass is 531 g/mol. The summed E-state index contributed by atoms with van der Waals surface area (Å²) < 4.78 is 2.06. The second-order valence-corrected chi connectivity index (χ2v) is 11.4. The number of rotatable bonds is 7. The number of aromatic nitrogens is 4. The van der Waals surface area contributed by atoms with E-state index in [1.54, 1.807) is 0 Å². The molecule has 2 aromatic carbocycles. The Morgan fingerprint density at radius 1 is 0.974 bits per heavy atom. The molecule has 1 saturated heterocycles. The van der Waals surface area contributed by atoms with E-state index in [1.807, 2.05) is 53.7 Å². The van der Waals surface area contributed by atoms with Gasteiger partial charge in [-0.3, -0.25) is 4.79 Å². The van der Waals surface area contributed by atoms with Gasteiger partial charge in [0.05, 0.1) is 12.9 Å². The second kappa shape index (κ2) is 11.0. The lowest BCUT2D eigenvalue weighted by Gasteiger charge is -2.36. The van der Waals surface area contributed by atoms with Gasteiger partial charge in [0.1, 0.15) is 0 Å². The maximum absolute atomic E-state index is 12.8. The van der Waals surface area contributed by atoms with Crippen molar-refractivity contribution in [3.63, 3.8) is 0 Å². The Bertz CT molecular complexity index is 1410. The molecule has 38 heavy (non-hydrogen) atoms. The predicted molar refractivity (Wildman–Crippen MR) is 153 cm³/mol. The van der Waals surface area contributed by atoms with Gasteiger partial charge in [-0.05, 0) is 22.6 Å². The first-order chi connectivity index (χ1) is 18.3. The zero-order valence-electron chi connectivity index (χ0n) is 22.2. The van der Waals surface area contributed by atoms with Crippen LogP contribution in [0.1, 0.15) is 38.3 Å². The smallest absolute Gasteiger partial charge is 0.229 e. The maximum Gasteiger partial charge on any atom is 0.229 e. The highest BCUT2D eigenvalue weighted by atomic mass is 35.5. The minimum Gasteiger partial charge on any atom is -0.364 e. The van der Waals surface area contributed by atoms with Gasteiger partial charge in [0.25, 0.3) is 0 Å². The van der Waals surface area contributed by atoms with Crippen LogP contribution in [-0.2, 0) is 17.9 Å². The van der Waals surface area contributed by atoms with Crippen LogP contribution in [0.25, 0.3) is 11.2 Å². The van der Waals surface area contributed by atoms with Crippen LogP contribution < -0.4 is 10.2 Å². The fraction of sp³-hybridized carbons (Fsp3) is 0.379. The Morgan fingerprint density at radius 3 is 2.39 bits per heavy atom. The molecule has 0 unspecified atom stereocenters. The molecule has 3 heterocycles. The molecule has 1 N–H and O–H groups in total. The molecule has 0 atom stereocenters. The van der Waals surface area contributed by atoms with Crippen LogP contribution in [0.4, 0.5) is 11.8 Å². The summed E-state index contributed by atoms with van der Waals surface area (Å²) in [6, 6.07) is 18.0. The summed E-state index contributed by atoms with van der Waals surface area (Å²) in [6.45, 7) is 10.1. The van der Waals surface area contributed by atoms with E-state index in [0.29, 0.717) is 62.5 Å². The first kappa shape index (κ1) is 26.0. The van der Waals surface area contributed by atoms with Crippen LogP contribution in [0.2, 0.25) is 5.02 Å². The molecule has 9 heteroatoms. The zero-order valence-corrected chi connectivity index (χ0v) is 22.9. The van der Waals surface area contributed by atoms with Gasteiger partial charge in [0.15, 0.2) is 17.0 Å². The Labute approximate surface area is 228 Å². The number of amides is 1. The third kappa shape index (κ3) is 6.07. The van der Waals surface area contributed by atoms with E-state index in [1.165, 1.54) is 5.56 Å². The van der Waals surface area contributed by atoms with E-state index >= 15 is 0 Å². The van der Waals surface area contributed by atoms with Crippen molar-refractivity contribution in [2.24, 2.45) is 5.41 Å². The highest BCUT2D eigenvalue weighted by Crippen LogP contribution is 2.26. The van der Waals surface area contributed by atoms with Crippen LogP contribution in [0, 0.1) is 5.41 Å². The number of halogens is 1. The van der Waals surface area contributed by atoms with E-state index < -0.39 is 0 Å². The molecule has 1 aliphatic heterocycles. The molecule has 0 radical (unpaired) electrons. The summed E-state index contributed by atoms with van der Waals surface area (Å²) >= 11 is 6.40. The van der Waals surface area contributed by atoms with Crippen molar-refractivity contribution in [1.29, 1.82) is 0 Å². The Kier molecular flexibility index (Phi) is 7.51. The predicted octanol–water partition coefficient (Wildman–Crippen LogP) is 5.22. The first-order valence-electron chi connectivity index (χ1n) is 13.0. The maximum atomic E-state index is 12.8. The molecule has 198 valence electrons. The highest BCUT2D eigenvalue weighted by Gasteiger charge is 2.27. The molecule has 8 nitrogen and oxygen atoms in total. The van der Waals surface area contributed by atoms with E-state index in [0.717, 1.165) is 16.7 Å². The molecular formula is C29H34ClN7O. The largest absolute Gasteiger partial charge is 0.364 e. The van der Waals surface area contributed by atoms with E-state index in [4.69, 9.17) is 21.6 Å². The van der Waals surface area contributed by atoms with Crippen LogP contribution >= 0.6 is 11.6 Å². The average Bonchev–Trinajstić information content (AvgIpc) is 3.30. The number of anilines is 2. The van der Waals surface area contributed by atoms with Crippen molar-refractivity contribution >= 4 is 40.4 Å². The minimum atomic E-state index is -0.0260. The third-order valence-electron chi connectivity index (χ3n) is 6.65. The van der Waals surface area contributed by atoms with Gasteiger partial charge in [-0.2, -0.15) is 9.97 Å². The topological polar surface area (TPSA) is 79.2 Å². The quantitative estimate of drug-likeness (QED) is 0.352. The molecule has 4 aromatic rings. The van der Waals surface area contributed by atoms with E-state index in [9.17, 15) is 4.79 Å². The number of imidazole rings is 1. The molecule has 5 rings (SSSR count). The van der Waals surface area contributed by atoms with Crippen LogP contribution in [-0.4, -0.2) is 56.5 Å². The third-order valence-corrected chi connectivity index (χ3v) is 7.02. The number of nitrogens with zero attached hydrogens (tertiary/aromatic N) is 6. The minimum absolute atomic E-state index is 0.0260. The van der Waals surface area contributed by atoms with E-state index in [2.05, 4.69) is 52.7 Å². The summed E-state index contributed by atoms with van der Waals surface area (Å²) in [5.74, 6) is 1.51. The lowest BCUT2D eigenvalue weighted by molar-refractivity contribution is -0.133. The molecular weight excluding hydrogens is 498 g/mol. The molecule has 0 saturated carbocycles. The number of fused-ring (bicyclic) bond motifs is 1. The average molecular weight is 532 g/mol. The normalized spacial score (nSPS) is 14.2. The number of carbonyl (C=O) groups is 1. The SMILES string of the molecule is CC(C)(C)CC(=O)N1CCN(c2nc(NCc3ccccc3Cl)c3ncn(Cc4ccccc4)c3n2)CC1. The van der Waals surface area contributed by atoms with Crippen molar-refractivity contribution < 1.29 is 4.79 Å². The lowest BCUT2D eigenvalue weighted by Crippen LogP contribution is -2.49. The van der Waals surface area contributed by atoms with Crippen LogP contribution in [0.15, 0.2) is 60.9 Å². The Hall–Kier alpha value is -3.65. The van der Waals surface area contributed by atoms with Crippen LogP contribution in [0.5, 0.6) is 0 Å². The number of carbonyl (C=O) groups excluding carboxylic acids is 1. The van der Waals surface area contributed by atoms with E-state index in [-0.39, 0.29) is 11.3 Å². The lowest BCUT2D eigenvalue weighted by atomic mass is 9.91. The number of benzene rings is 2. The van der Waals surface area contributed by atoms with Gasteiger partial charge in [0, 0.05) is 44.2 Å². The molecule has 0 spiro atoms. The molecule has 1 aliphatic rings. The number of piperazine rings is 1. The molecule has 0 bridgehead atoms.